The molecule has 1 atom stereocenters. The number of fused-ring (bicyclic) bond motifs is 1. The Morgan fingerprint density at radius 2 is 1.57 bits per heavy atom. The second kappa shape index (κ2) is 5.48. The monoisotopic (exact) mass is 283 g/mol. The molecule has 1 aliphatic heterocycles. The van der Waals surface area contributed by atoms with Gasteiger partial charge in [-0.1, -0.05) is 12.1 Å². The lowest BCUT2D eigenvalue weighted by Crippen LogP contribution is -2.38. The number of nitrogens with zero attached hydrogens (tertiary/aromatic N) is 2. The summed E-state index contributed by atoms with van der Waals surface area (Å²) in [4.78, 5) is 9.55. The van der Waals surface area contributed by atoms with Gasteiger partial charge in [-0.3, -0.25) is 0 Å². The highest BCUT2D eigenvalue weighted by Gasteiger charge is 2.24. The summed E-state index contributed by atoms with van der Waals surface area (Å²) in [5.74, 6) is 1.80. The van der Waals surface area contributed by atoms with Gasteiger partial charge in [0.05, 0.1) is 11.0 Å². The fraction of sp³-hybridized carbons (Fsp3) is 0.500. The molecule has 0 amide bonds. The first-order valence-electron chi connectivity index (χ1n) is 7.89. The minimum absolute atomic E-state index is 0.439. The van der Waals surface area contributed by atoms with E-state index in [1.54, 1.807) is 0 Å². The highest BCUT2D eigenvalue weighted by molar-refractivity contribution is 5.80. The second-order valence-corrected chi connectivity index (χ2v) is 6.02. The van der Waals surface area contributed by atoms with E-state index in [0.29, 0.717) is 12.1 Å². The summed E-state index contributed by atoms with van der Waals surface area (Å²) in [6.07, 6.45) is 4.87. The Kier molecular flexibility index (Phi) is 3.35. The Hall–Kier alpha value is -1.88. The number of anilines is 2. The third-order valence-corrected chi connectivity index (χ3v) is 4.13. The Balaban J connectivity index is 1.65. The van der Waals surface area contributed by atoms with Gasteiger partial charge >= 0.3 is 0 Å². The molecule has 4 rings (SSSR count). The number of hydrogen-bond acceptors (Lipinski definition) is 5. The van der Waals surface area contributed by atoms with E-state index in [0.717, 1.165) is 35.8 Å². The van der Waals surface area contributed by atoms with Crippen molar-refractivity contribution in [2.45, 2.75) is 37.8 Å². The molecule has 1 aromatic carbocycles. The highest BCUT2D eigenvalue weighted by atomic mass is 15.1. The van der Waals surface area contributed by atoms with Crippen molar-refractivity contribution in [1.29, 1.82) is 0 Å². The maximum Gasteiger partial charge on any atom is 0.170 e. The van der Waals surface area contributed by atoms with Crippen LogP contribution in [-0.2, 0) is 0 Å². The van der Waals surface area contributed by atoms with Crippen LogP contribution in [0.3, 0.4) is 0 Å². The van der Waals surface area contributed by atoms with Gasteiger partial charge in [0, 0.05) is 18.6 Å². The van der Waals surface area contributed by atoms with Gasteiger partial charge in [-0.05, 0) is 44.4 Å². The molecule has 5 nitrogen and oxygen atoms in total. The minimum atomic E-state index is 0.439. The lowest BCUT2D eigenvalue weighted by molar-refractivity contribution is 0.479. The molecule has 1 saturated heterocycles. The zero-order valence-corrected chi connectivity index (χ0v) is 12.1. The third-order valence-electron chi connectivity index (χ3n) is 4.13. The van der Waals surface area contributed by atoms with Crippen molar-refractivity contribution in [2.24, 2.45) is 0 Å². The summed E-state index contributed by atoms with van der Waals surface area (Å²) in [6.45, 7) is 2.12. The summed E-state index contributed by atoms with van der Waals surface area (Å²) in [5.41, 5.74) is 1.90. The maximum absolute atomic E-state index is 4.79. The van der Waals surface area contributed by atoms with Crippen LogP contribution in [-0.4, -0.2) is 35.1 Å². The van der Waals surface area contributed by atoms with Crippen molar-refractivity contribution in [3.05, 3.63) is 24.3 Å². The molecule has 1 aromatic heterocycles. The SMILES string of the molecule is c1ccc2nc(NC3CCCNC3)c(NC3CC3)nc2c1. The normalized spacial score (nSPS) is 22.2. The summed E-state index contributed by atoms with van der Waals surface area (Å²) in [5, 5.41) is 10.5. The molecule has 110 valence electrons. The van der Waals surface area contributed by atoms with E-state index in [4.69, 9.17) is 9.97 Å². The first kappa shape index (κ1) is 12.8. The van der Waals surface area contributed by atoms with E-state index < -0.39 is 0 Å². The van der Waals surface area contributed by atoms with Gasteiger partial charge in [-0.2, -0.15) is 0 Å². The predicted octanol–water partition coefficient (Wildman–Crippen LogP) is 2.37. The van der Waals surface area contributed by atoms with Crippen LogP contribution in [0.2, 0.25) is 0 Å². The topological polar surface area (TPSA) is 61.9 Å². The largest absolute Gasteiger partial charge is 0.364 e. The lowest BCUT2D eigenvalue weighted by atomic mass is 10.1. The molecule has 1 saturated carbocycles. The Labute approximate surface area is 124 Å². The van der Waals surface area contributed by atoms with Crippen LogP contribution in [0.5, 0.6) is 0 Å². The van der Waals surface area contributed by atoms with Gasteiger partial charge < -0.3 is 16.0 Å². The Morgan fingerprint density at radius 1 is 0.905 bits per heavy atom. The molecule has 1 aliphatic carbocycles. The summed E-state index contributed by atoms with van der Waals surface area (Å²) in [6, 6.07) is 9.08. The average molecular weight is 283 g/mol. The van der Waals surface area contributed by atoms with E-state index in [1.165, 1.54) is 25.7 Å². The molecule has 0 radical (unpaired) electrons. The van der Waals surface area contributed by atoms with Crippen LogP contribution in [0.4, 0.5) is 11.6 Å². The molecule has 21 heavy (non-hydrogen) atoms. The van der Waals surface area contributed by atoms with Crippen LogP contribution in [0.15, 0.2) is 24.3 Å². The van der Waals surface area contributed by atoms with Gasteiger partial charge in [0.2, 0.25) is 0 Å². The second-order valence-electron chi connectivity index (χ2n) is 6.02. The first-order chi connectivity index (χ1) is 10.4. The molecule has 0 bridgehead atoms. The van der Waals surface area contributed by atoms with Crippen molar-refractivity contribution >= 4 is 22.7 Å². The van der Waals surface area contributed by atoms with Crippen molar-refractivity contribution in [3.63, 3.8) is 0 Å². The molecule has 2 fully saturated rings. The van der Waals surface area contributed by atoms with E-state index in [1.807, 2.05) is 24.3 Å². The molecule has 3 N–H and O–H groups in total. The Bertz CT molecular complexity index is 632. The van der Waals surface area contributed by atoms with Crippen molar-refractivity contribution in [1.82, 2.24) is 15.3 Å². The Morgan fingerprint density at radius 3 is 2.14 bits per heavy atom. The fourth-order valence-electron chi connectivity index (χ4n) is 2.79. The van der Waals surface area contributed by atoms with Gasteiger partial charge in [0.15, 0.2) is 11.6 Å². The van der Waals surface area contributed by atoms with E-state index >= 15 is 0 Å². The number of aromatic nitrogens is 2. The number of piperidine rings is 1. The molecule has 2 heterocycles. The standard InChI is InChI=1S/C16H21N5/c1-2-6-14-13(5-1)20-15(18-11-7-8-11)16(21-14)19-12-4-3-9-17-10-12/h1-2,5-6,11-12,17H,3-4,7-10H2,(H,18,20)(H,19,21). The number of benzene rings is 1. The zero-order valence-electron chi connectivity index (χ0n) is 12.1. The smallest absolute Gasteiger partial charge is 0.170 e. The van der Waals surface area contributed by atoms with E-state index in [9.17, 15) is 0 Å². The highest BCUT2D eigenvalue weighted by Crippen LogP contribution is 2.29. The van der Waals surface area contributed by atoms with Crippen molar-refractivity contribution < 1.29 is 0 Å². The summed E-state index contributed by atoms with van der Waals surface area (Å²) >= 11 is 0. The molecular weight excluding hydrogens is 262 g/mol. The van der Waals surface area contributed by atoms with Crippen LogP contribution < -0.4 is 16.0 Å². The molecule has 1 unspecified atom stereocenters. The molecule has 5 heteroatoms. The van der Waals surface area contributed by atoms with Gasteiger partial charge in [-0.15, -0.1) is 0 Å². The molecule has 2 aliphatic rings. The lowest BCUT2D eigenvalue weighted by Gasteiger charge is -2.25. The van der Waals surface area contributed by atoms with Crippen LogP contribution in [0, 0.1) is 0 Å². The molecule has 0 spiro atoms. The minimum Gasteiger partial charge on any atom is -0.364 e. The number of rotatable bonds is 4. The molecule has 2 aromatic rings. The van der Waals surface area contributed by atoms with Crippen LogP contribution in [0.1, 0.15) is 25.7 Å². The summed E-state index contributed by atoms with van der Waals surface area (Å²) in [7, 11) is 0. The van der Waals surface area contributed by atoms with Gasteiger partial charge in [-0.25, -0.2) is 9.97 Å². The fourth-order valence-corrected chi connectivity index (χ4v) is 2.79. The van der Waals surface area contributed by atoms with Gasteiger partial charge in [0.25, 0.3) is 0 Å². The van der Waals surface area contributed by atoms with Crippen molar-refractivity contribution in [2.75, 3.05) is 23.7 Å². The zero-order chi connectivity index (χ0) is 14.1. The van der Waals surface area contributed by atoms with Crippen LogP contribution in [0.25, 0.3) is 11.0 Å². The van der Waals surface area contributed by atoms with E-state index in [-0.39, 0.29) is 0 Å². The van der Waals surface area contributed by atoms with Gasteiger partial charge in [0.1, 0.15) is 0 Å². The quantitative estimate of drug-likeness (QED) is 0.804. The van der Waals surface area contributed by atoms with Crippen molar-refractivity contribution in [3.8, 4) is 0 Å². The summed E-state index contributed by atoms with van der Waals surface area (Å²) < 4.78 is 0. The number of nitrogens with one attached hydrogen (secondary N) is 3. The third kappa shape index (κ3) is 2.93. The molecular formula is C16H21N5. The van der Waals surface area contributed by atoms with E-state index in [2.05, 4.69) is 16.0 Å². The predicted molar refractivity (Wildman–Crippen MR) is 85.7 cm³/mol. The van der Waals surface area contributed by atoms with Crippen LogP contribution >= 0.6 is 0 Å². The number of para-hydroxylation sites is 2. The average Bonchev–Trinajstić information content (AvgIpc) is 3.33. The first-order valence-corrected chi connectivity index (χ1v) is 7.89. The number of hydrogen-bond donors (Lipinski definition) is 3. The maximum atomic E-state index is 4.79.